The fourth-order valence-electron chi connectivity index (χ4n) is 2.25. The summed E-state index contributed by atoms with van der Waals surface area (Å²) in [5, 5.41) is 13.0. The second-order valence-corrected chi connectivity index (χ2v) is 5.14. The van der Waals surface area contributed by atoms with Crippen LogP contribution in [0.3, 0.4) is 0 Å². The van der Waals surface area contributed by atoms with Gasteiger partial charge < -0.3 is 19.9 Å². The monoisotopic (exact) mass is 259 g/mol. The first-order valence-electron chi connectivity index (χ1n) is 7.30. The van der Waals surface area contributed by atoms with Crippen molar-refractivity contribution in [2.24, 2.45) is 5.92 Å². The molecular weight excluding hydrogens is 230 g/mol. The molecule has 0 aromatic rings. The van der Waals surface area contributed by atoms with Crippen LogP contribution in [0, 0.1) is 5.92 Å². The summed E-state index contributed by atoms with van der Waals surface area (Å²) >= 11 is 0. The Balaban J connectivity index is 2.13. The molecule has 1 atom stereocenters. The Morgan fingerprint density at radius 3 is 2.44 bits per heavy atom. The van der Waals surface area contributed by atoms with Gasteiger partial charge in [0.15, 0.2) is 0 Å². The molecule has 1 fully saturated rings. The zero-order valence-corrected chi connectivity index (χ0v) is 11.9. The summed E-state index contributed by atoms with van der Waals surface area (Å²) in [7, 11) is 0. The van der Waals surface area contributed by atoms with Crippen molar-refractivity contribution in [3.8, 4) is 0 Å². The number of hydrogen-bond donors (Lipinski definition) is 2. The maximum absolute atomic E-state index is 9.62. The van der Waals surface area contributed by atoms with Gasteiger partial charge in [-0.1, -0.05) is 20.3 Å². The third-order valence-corrected chi connectivity index (χ3v) is 3.54. The molecule has 0 aliphatic heterocycles. The van der Waals surface area contributed by atoms with Gasteiger partial charge in [-0.25, -0.2) is 0 Å². The maximum Gasteiger partial charge on any atom is 0.0701 e. The van der Waals surface area contributed by atoms with Crippen molar-refractivity contribution in [1.29, 1.82) is 0 Å². The third kappa shape index (κ3) is 5.22. The van der Waals surface area contributed by atoms with Gasteiger partial charge >= 0.3 is 0 Å². The maximum atomic E-state index is 9.62. The van der Waals surface area contributed by atoms with Crippen LogP contribution in [-0.2, 0) is 9.47 Å². The van der Waals surface area contributed by atoms with Crippen LogP contribution < -0.4 is 5.32 Å². The number of unbranched alkanes of at least 4 members (excludes halogenated alkanes) is 1. The zero-order chi connectivity index (χ0) is 13.3. The number of nitrogens with one attached hydrogen (secondary N) is 1. The number of ether oxygens (including phenoxy) is 2. The molecule has 4 heteroatoms. The smallest absolute Gasteiger partial charge is 0.0701 e. The Morgan fingerprint density at radius 2 is 1.89 bits per heavy atom. The van der Waals surface area contributed by atoms with Crippen LogP contribution in [0.4, 0.5) is 0 Å². The van der Waals surface area contributed by atoms with Crippen LogP contribution in [-0.4, -0.2) is 50.2 Å². The lowest BCUT2D eigenvalue weighted by atomic mass is 9.95. The molecule has 4 nitrogen and oxygen atoms in total. The normalized spacial score (nSPS) is 18.8. The number of aliphatic hydroxyl groups excluding tert-OH is 1. The molecule has 1 aliphatic carbocycles. The van der Waals surface area contributed by atoms with E-state index in [0.717, 1.165) is 26.0 Å². The van der Waals surface area contributed by atoms with Gasteiger partial charge in [0.1, 0.15) is 0 Å². The van der Waals surface area contributed by atoms with Gasteiger partial charge in [0.2, 0.25) is 0 Å². The molecule has 0 bridgehead atoms. The summed E-state index contributed by atoms with van der Waals surface area (Å²) < 4.78 is 11.1. The third-order valence-electron chi connectivity index (χ3n) is 3.54. The number of rotatable bonds is 12. The molecule has 1 rings (SSSR count). The molecule has 2 N–H and O–H groups in total. The van der Waals surface area contributed by atoms with E-state index < -0.39 is 0 Å². The lowest BCUT2D eigenvalue weighted by Crippen LogP contribution is -2.54. The van der Waals surface area contributed by atoms with Gasteiger partial charge in [0.05, 0.1) is 32.0 Å². The molecule has 1 aliphatic rings. The van der Waals surface area contributed by atoms with Crippen LogP contribution in [0.25, 0.3) is 0 Å². The number of aliphatic hydroxyl groups is 1. The molecule has 0 saturated heterocycles. The highest BCUT2D eigenvalue weighted by Gasteiger charge is 2.44. The summed E-state index contributed by atoms with van der Waals surface area (Å²) in [5.41, 5.74) is -0.224. The highest BCUT2D eigenvalue weighted by molar-refractivity contribution is 5.00. The summed E-state index contributed by atoms with van der Waals surface area (Å²) in [5.74, 6) is 0.573. The van der Waals surface area contributed by atoms with E-state index in [4.69, 9.17) is 9.47 Å². The Labute approximate surface area is 111 Å². The van der Waals surface area contributed by atoms with Gasteiger partial charge in [0.25, 0.3) is 0 Å². The SMILES string of the molecule is CCCCOCCOCC(CO)(NCC)C1CC1. The summed E-state index contributed by atoms with van der Waals surface area (Å²) in [6, 6.07) is 0. The molecule has 0 spiro atoms. The van der Waals surface area contributed by atoms with Crippen LogP contribution in [0.2, 0.25) is 0 Å². The molecular formula is C14H29NO3. The Bertz CT molecular complexity index is 209. The predicted octanol–water partition coefficient (Wildman–Crippen LogP) is 1.57. The second-order valence-electron chi connectivity index (χ2n) is 5.14. The van der Waals surface area contributed by atoms with E-state index in [9.17, 15) is 5.11 Å². The van der Waals surface area contributed by atoms with Crippen LogP contribution in [0.1, 0.15) is 39.5 Å². The van der Waals surface area contributed by atoms with Crippen molar-refractivity contribution >= 4 is 0 Å². The van der Waals surface area contributed by atoms with Crippen LogP contribution in [0.15, 0.2) is 0 Å². The minimum absolute atomic E-state index is 0.155. The van der Waals surface area contributed by atoms with Crippen molar-refractivity contribution < 1.29 is 14.6 Å². The molecule has 0 amide bonds. The lowest BCUT2D eigenvalue weighted by molar-refractivity contribution is -0.00412. The molecule has 108 valence electrons. The molecule has 0 aromatic heterocycles. The molecule has 1 unspecified atom stereocenters. The van der Waals surface area contributed by atoms with Crippen molar-refractivity contribution in [2.45, 2.75) is 45.1 Å². The van der Waals surface area contributed by atoms with Crippen molar-refractivity contribution in [3.63, 3.8) is 0 Å². The predicted molar refractivity (Wildman–Crippen MR) is 72.8 cm³/mol. The Kier molecular flexibility index (Phi) is 7.82. The highest BCUT2D eigenvalue weighted by atomic mass is 16.5. The first-order chi connectivity index (χ1) is 8.79. The van der Waals surface area contributed by atoms with Gasteiger partial charge in [-0.15, -0.1) is 0 Å². The van der Waals surface area contributed by atoms with Crippen LogP contribution in [0.5, 0.6) is 0 Å². The summed E-state index contributed by atoms with van der Waals surface area (Å²) in [6.45, 7) is 7.92. The first kappa shape index (κ1) is 15.9. The minimum atomic E-state index is -0.224. The molecule has 0 heterocycles. The average Bonchev–Trinajstić information content (AvgIpc) is 3.21. The topological polar surface area (TPSA) is 50.7 Å². The van der Waals surface area contributed by atoms with E-state index in [1.807, 2.05) is 0 Å². The van der Waals surface area contributed by atoms with E-state index in [1.165, 1.54) is 12.8 Å². The van der Waals surface area contributed by atoms with Crippen molar-refractivity contribution in [2.75, 3.05) is 39.6 Å². The van der Waals surface area contributed by atoms with Gasteiger partial charge in [0, 0.05) is 6.61 Å². The van der Waals surface area contributed by atoms with E-state index in [-0.39, 0.29) is 12.1 Å². The van der Waals surface area contributed by atoms with Gasteiger partial charge in [-0.05, 0) is 31.7 Å². The fourth-order valence-corrected chi connectivity index (χ4v) is 2.25. The van der Waals surface area contributed by atoms with E-state index in [0.29, 0.717) is 25.7 Å². The van der Waals surface area contributed by atoms with Gasteiger partial charge in [-0.3, -0.25) is 0 Å². The van der Waals surface area contributed by atoms with E-state index in [1.54, 1.807) is 0 Å². The Morgan fingerprint density at radius 1 is 1.17 bits per heavy atom. The highest BCUT2D eigenvalue weighted by Crippen LogP contribution is 2.39. The molecule has 18 heavy (non-hydrogen) atoms. The van der Waals surface area contributed by atoms with E-state index >= 15 is 0 Å². The molecule has 0 aromatic carbocycles. The van der Waals surface area contributed by atoms with Crippen molar-refractivity contribution in [1.82, 2.24) is 5.32 Å². The fraction of sp³-hybridized carbons (Fsp3) is 1.00. The number of hydrogen-bond acceptors (Lipinski definition) is 4. The van der Waals surface area contributed by atoms with Crippen molar-refractivity contribution in [3.05, 3.63) is 0 Å². The zero-order valence-electron chi connectivity index (χ0n) is 11.9. The molecule has 0 radical (unpaired) electrons. The Hall–Kier alpha value is -0.160. The minimum Gasteiger partial charge on any atom is -0.394 e. The summed E-state index contributed by atoms with van der Waals surface area (Å²) in [6.07, 6.45) is 4.67. The summed E-state index contributed by atoms with van der Waals surface area (Å²) in [4.78, 5) is 0. The molecule has 1 saturated carbocycles. The number of likely N-dealkylation sites (N-methyl/N-ethyl adjacent to an activating group) is 1. The average molecular weight is 259 g/mol. The second kappa shape index (κ2) is 8.86. The van der Waals surface area contributed by atoms with E-state index in [2.05, 4.69) is 19.2 Å². The largest absolute Gasteiger partial charge is 0.394 e. The van der Waals surface area contributed by atoms with Crippen LogP contribution >= 0.6 is 0 Å². The first-order valence-corrected chi connectivity index (χ1v) is 7.30. The quantitative estimate of drug-likeness (QED) is 0.522. The standard InChI is InChI=1S/C14H29NO3/c1-3-5-8-17-9-10-18-12-14(11-16,15-4-2)13-6-7-13/h13,15-16H,3-12H2,1-2H3. The lowest BCUT2D eigenvalue weighted by Gasteiger charge is -2.32. The van der Waals surface area contributed by atoms with Gasteiger partial charge in [-0.2, -0.15) is 0 Å².